The first-order valence-corrected chi connectivity index (χ1v) is 6.00. The minimum absolute atomic E-state index is 0.397. The Labute approximate surface area is 84.0 Å². The van der Waals surface area contributed by atoms with Gasteiger partial charge in [-0.15, -0.1) is 0 Å². The van der Waals surface area contributed by atoms with E-state index in [1.165, 1.54) is 9.65 Å². The molecule has 0 amide bonds. The Morgan fingerprint density at radius 2 is 2.00 bits per heavy atom. The van der Waals surface area contributed by atoms with Gasteiger partial charge in [0.05, 0.1) is 0 Å². The van der Waals surface area contributed by atoms with Crippen LogP contribution in [0.1, 0.15) is 0 Å². The van der Waals surface area contributed by atoms with Crippen LogP contribution in [0.4, 0.5) is 0 Å². The first-order chi connectivity index (χ1) is 5.29. The van der Waals surface area contributed by atoms with E-state index in [0.717, 1.165) is 8.37 Å². The van der Waals surface area contributed by atoms with E-state index in [0.29, 0.717) is 14.5 Å². The van der Waals surface area contributed by atoms with Crippen LogP contribution in [0.25, 0.3) is 9.65 Å². The molecule has 0 atom stereocenters. The zero-order valence-electron chi connectivity index (χ0n) is 5.47. The summed E-state index contributed by atoms with van der Waals surface area (Å²) in [5.41, 5.74) is 0. The molecule has 0 aliphatic carbocycles. The Kier molecular flexibility index (Phi) is 2.11. The average molecular weight is 294 g/mol. The Morgan fingerprint density at radius 3 is 2.73 bits per heavy atom. The summed E-state index contributed by atoms with van der Waals surface area (Å²) in [5, 5.41) is 2.08. The Bertz CT molecular complexity index is 394. The van der Waals surface area contributed by atoms with Gasteiger partial charge in [-0.2, -0.15) is 0 Å². The standard InChI is InChI=1S/C8H4BrClSe/c9-8-7(10)5-3-1-2-4-6(5)11-8/h1-4H. The third kappa shape index (κ3) is 1.29. The summed E-state index contributed by atoms with van der Waals surface area (Å²) >= 11 is 9.90. The topological polar surface area (TPSA) is 0 Å². The molecule has 0 spiro atoms. The van der Waals surface area contributed by atoms with E-state index >= 15 is 0 Å². The zero-order valence-corrected chi connectivity index (χ0v) is 9.53. The second-order valence-electron chi connectivity index (χ2n) is 2.19. The monoisotopic (exact) mass is 294 g/mol. The van der Waals surface area contributed by atoms with Crippen molar-refractivity contribution in [2.24, 2.45) is 0 Å². The molecular formula is C8H4BrClSe. The van der Waals surface area contributed by atoms with Gasteiger partial charge in [-0.05, 0) is 0 Å². The molecule has 2 rings (SSSR count). The normalized spacial score (nSPS) is 10.7. The fourth-order valence-electron chi connectivity index (χ4n) is 0.984. The van der Waals surface area contributed by atoms with E-state index in [1.807, 2.05) is 6.07 Å². The molecule has 0 aliphatic heterocycles. The van der Waals surface area contributed by atoms with Gasteiger partial charge in [-0.3, -0.25) is 0 Å². The number of hydrogen-bond donors (Lipinski definition) is 0. The van der Waals surface area contributed by atoms with E-state index in [2.05, 4.69) is 34.1 Å². The summed E-state index contributed by atoms with van der Waals surface area (Å²) in [6.45, 7) is 0. The van der Waals surface area contributed by atoms with E-state index in [9.17, 15) is 0 Å². The van der Waals surface area contributed by atoms with E-state index in [4.69, 9.17) is 11.6 Å². The molecule has 0 saturated heterocycles. The molecule has 0 nitrogen and oxygen atoms in total. The van der Waals surface area contributed by atoms with Gasteiger partial charge in [0.25, 0.3) is 0 Å². The second kappa shape index (κ2) is 2.95. The summed E-state index contributed by atoms with van der Waals surface area (Å²) < 4.78 is 2.53. The fraction of sp³-hybridized carbons (Fsp3) is 0. The summed E-state index contributed by atoms with van der Waals surface area (Å²) in [5.74, 6) is 0. The molecule has 56 valence electrons. The van der Waals surface area contributed by atoms with Gasteiger partial charge in [-0.25, -0.2) is 0 Å². The molecule has 0 radical (unpaired) electrons. The van der Waals surface area contributed by atoms with Crippen molar-refractivity contribution in [3.05, 3.63) is 32.6 Å². The maximum atomic E-state index is 6.04. The average Bonchev–Trinajstić information content (AvgIpc) is 2.30. The number of hydrogen-bond acceptors (Lipinski definition) is 0. The third-order valence-electron chi connectivity index (χ3n) is 1.50. The van der Waals surface area contributed by atoms with Gasteiger partial charge in [0.15, 0.2) is 0 Å². The van der Waals surface area contributed by atoms with Crippen molar-refractivity contribution in [3.63, 3.8) is 0 Å². The van der Waals surface area contributed by atoms with Gasteiger partial charge in [-0.1, -0.05) is 0 Å². The SMILES string of the molecule is Clc1c(Br)[se]c2ccccc12. The minimum atomic E-state index is 0.397. The zero-order chi connectivity index (χ0) is 7.84. The molecule has 2 aromatic rings. The van der Waals surface area contributed by atoms with Crippen LogP contribution >= 0.6 is 27.5 Å². The molecule has 1 aromatic carbocycles. The molecule has 0 saturated carbocycles. The Balaban J connectivity index is 2.92. The molecule has 3 heteroatoms. The molecule has 1 heterocycles. The van der Waals surface area contributed by atoms with Crippen molar-refractivity contribution < 1.29 is 0 Å². The fourth-order valence-corrected chi connectivity index (χ4v) is 4.32. The number of fused-ring (bicyclic) bond motifs is 1. The molecule has 0 bridgehead atoms. The van der Waals surface area contributed by atoms with Crippen molar-refractivity contribution in [3.8, 4) is 0 Å². The predicted molar refractivity (Wildman–Crippen MR) is 53.6 cm³/mol. The van der Waals surface area contributed by atoms with E-state index < -0.39 is 0 Å². The summed E-state index contributed by atoms with van der Waals surface area (Å²) in [7, 11) is 0. The maximum absolute atomic E-state index is 6.04. The van der Waals surface area contributed by atoms with Crippen LogP contribution < -0.4 is 0 Å². The van der Waals surface area contributed by atoms with Gasteiger partial charge >= 0.3 is 84.3 Å². The van der Waals surface area contributed by atoms with Gasteiger partial charge in [0, 0.05) is 0 Å². The molecule has 0 N–H and O–H groups in total. The van der Waals surface area contributed by atoms with Crippen molar-refractivity contribution in [2.75, 3.05) is 0 Å². The number of rotatable bonds is 0. The van der Waals surface area contributed by atoms with Crippen LogP contribution in [0.5, 0.6) is 0 Å². The second-order valence-corrected chi connectivity index (χ2v) is 6.75. The third-order valence-corrected chi connectivity index (χ3v) is 5.62. The number of benzene rings is 1. The summed E-state index contributed by atoms with van der Waals surface area (Å²) in [6, 6.07) is 8.26. The van der Waals surface area contributed by atoms with Crippen LogP contribution in [0.3, 0.4) is 0 Å². The van der Waals surface area contributed by atoms with Gasteiger partial charge in [0.2, 0.25) is 0 Å². The van der Waals surface area contributed by atoms with Crippen LogP contribution in [0.15, 0.2) is 27.6 Å². The molecule has 0 aliphatic rings. The van der Waals surface area contributed by atoms with Crippen molar-refractivity contribution in [1.82, 2.24) is 0 Å². The molecule has 1 aromatic heterocycles. The quantitative estimate of drug-likeness (QED) is 0.654. The van der Waals surface area contributed by atoms with E-state index in [-0.39, 0.29) is 0 Å². The van der Waals surface area contributed by atoms with Gasteiger partial charge in [0.1, 0.15) is 0 Å². The first kappa shape index (κ1) is 7.88. The Hall–Kier alpha value is 0.249. The van der Waals surface area contributed by atoms with Gasteiger partial charge < -0.3 is 0 Å². The molecule has 0 unspecified atom stereocenters. The van der Waals surface area contributed by atoms with Crippen molar-refractivity contribution in [1.29, 1.82) is 0 Å². The van der Waals surface area contributed by atoms with E-state index in [1.54, 1.807) is 0 Å². The summed E-state index contributed by atoms with van der Waals surface area (Å²) in [6.07, 6.45) is 0. The van der Waals surface area contributed by atoms with Crippen LogP contribution in [0, 0.1) is 0 Å². The van der Waals surface area contributed by atoms with Crippen LogP contribution in [-0.2, 0) is 0 Å². The first-order valence-electron chi connectivity index (χ1n) is 3.11. The van der Waals surface area contributed by atoms with Crippen LogP contribution in [0.2, 0.25) is 5.02 Å². The molecule has 0 fully saturated rings. The predicted octanol–water partition coefficient (Wildman–Crippen LogP) is 3.31. The van der Waals surface area contributed by atoms with Crippen molar-refractivity contribution >= 4 is 51.7 Å². The summed E-state index contributed by atoms with van der Waals surface area (Å²) in [4.78, 5) is 0. The molecular weight excluding hydrogens is 290 g/mol. The molecule has 11 heavy (non-hydrogen) atoms. The van der Waals surface area contributed by atoms with Crippen LogP contribution in [-0.4, -0.2) is 14.5 Å². The Morgan fingerprint density at radius 1 is 1.27 bits per heavy atom. The number of halogens is 2. The van der Waals surface area contributed by atoms with Crippen molar-refractivity contribution in [2.45, 2.75) is 0 Å².